The Morgan fingerprint density at radius 1 is 1.30 bits per heavy atom. The maximum absolute atomic E-state index is 9.36. The minimum absolute atomic E-state index is 0.0118. The Labute approximate surface area is 124 Å². The van der Waals surface area contributed by atoms with Crippen molar-refractivity contribution in [1.29, 1.82) is 0 Å². The van der Waals surface area contributed by atoms with Gasteiger partial charge >= 0.3 is 0 Å². The predicted octanol–water partition coefficient (Wildman–Crippen LogP) is 3.82. The number of hydrogen-bond donors (Lipinski definition) is 1. The molecule has 1 aromatic heterocycles. The van der Waals surface area contributed by atoms with Crippen molar-refractivity contribution in [2.75, 3.05) is 0 Å². The van der Waals surface area contributed by atoms with Crippen molar-refractivity contribution in [3.63, 3.8) is 0 Å². The highest BCUT2D eigenvalue weighted by molar-refractivity contribution is 7.09. The second-order valence-corrected chi connectivity index (χ2v) is 6.88. The summed E-state index contributed by atoms with van der Waals surface area (Å²) < 4.78 is 5.78. The Kier molecular flexibility index (Phi) is 4.45. The number of thiazole rings is 1. The van der Waals surface area contributed by atoms with Crippen LogP contribution in [0.15, 0.2) is 23.6 Å². The lowest BCUT2D eigenvalue weighted by Gasteiger charge is -2.14. The average molecular weight is 291 g/mol. The molecule has 2 aromatic rings. The molecule has 3 nitrogen and oxygen atoms in total. The summed E-state index contributed by atoms with van der Waals surface area (Å²) in [4.78, 5) is 4.60. The zero-order valence-corrected chi connectivity index (χ0v) is 13.3. The fraction of sp³-hybridized carbons (Fsp3) is 0.438. The number of aromatic nitrogens is 1. The molecule has 0 aliphatic heterocycles. The van der Waals surface area contributed by atoms with Gasteiger partial charge in [0.05, 0.1) is 12.3 Å². The summed E-state index contributed by atoms with van der Waals surface area (Å²) in [7, 11) is 0. The fourth-order valence-corrected chi connectivity index (χ4v) is 2.77. The molecule has 2 rings (SSSR count). The molecule has 0 aliphatic carbocycles. The van der Waals surface area contributed by atoms with E-state index in [1.807, 2.05) is 25.1 Å². The zero-order valence-electron chi connectivity index (χ0n) is 12.4. The summed E-state index contributed by atoms with van der Waals surface area (Å²) in [6, 6.07) is 5.83. The highest BCUT2D eigenvalue weighted by atomic mass is 32.1. The minimum Gasteiger partial charge on any atom is -0.486 e. The summed E-state index contributed by atoms with van der Waals surface area (Å²) in [6.07, 6.45) is 0. The molecule has 0 saturated heterocycles. The predicted molar refractivity (Wildman–Crippen MR) is 82.2 cm³/mol. The molecule has 0 amide bonds. The third-order valence-electron chi connectivity index (χ3n) is 3.06. The highest BCUT2D eigenvalue weighted by Gasteiger charge is 2.17. The molecular formula is C16H21NO2S. The van der Waals surface area contributed by atoms with Crippen molar-refractivity contribution in [2.24, 2.45) is 0 Å². The fourth-order valence-electron chi connectivity index (χ4n) is 1.83. The van der Waals surface area contributed by atoms with Crippen LogP contribution in [0.3, 0.4) is 0 Å². The molecule has 20 heavy (non-hydrogen) atoms. The van der Waals surface area contributed by atoms with E-state index >= 15 is 0 Å². The van der Waals surface area contributed by atoms with Crippen molar-refractivity contribution in [2.45, 2.75) is 46.3 Å². The molecule has 108 valence electrons. The molecule has 0 atom stereocenters. The van der Waals surface area contributed by atoms with Crippen molar-refractivity contribution in [3.8, 4) is 5.75 Å². The summed E-state index contributed by atoms with van der Waals surface area (Å²) in [5, 5.41) is 12.4. The third kappa shape index (κ3) is 3.58. The van der Waals surface area contributed by atoms with E-state index in [1.165, 1.54) is 0 Å². The number of hydrogen-bond acceptors (Lipinski definition) is 4. The van der Waals surface area contributed by atoms with Gasteiger partial charge in [-0.2, -0.15) is 0 Å². The van der Waals surface area contributed by atoms with E-state index < -0.39 is 0 Å². The van der Waals surface area contributed by atoms with Gasteiger partial charge in [-0.1, -0.05) is 38.5 Å². The molecule has 0 radical (unpaired) electrons. The molecule has 0 unspecified atom stereocenters. The third-order valence-corrected chi connectivity index (χ3v) is 3.88. The van der Waals surface area contributed by atoms with Crippen molar-refractivity contribution in [3.05, 3.63) is 45.4 Å². The van der Waals surface area contributed by atoms with E-state index in [9.17, 15) is 5.11 Å². The summed E-state index contributed by atoms with van der Waals surface area (Å²) >= 11 is 1.61. The van der Waals surface area contributed by atoms with Crippen LogP contribution in [-0.2, 0) is 18.6 Å². The Morgan fingerprint density at radius 2 is 2.05 bits per heavy atom. The molecule has 0 aliphatic rings. The Bertz CT molecular complexity index is 584. The number of ether oxygens (including phenoxy) is 1. The zero-order chi connectivity index (χ0) is 14.8. The van der Waals surface area contributed by atoms with E-state index in [2.05, 4.69) is 31.1 Å². The van der Waals surface area contributed by atoms with Crippen molar-refractivity contribution < 1.29 is 9.84 Å². The lowest BCUT2D eigenvalue weighted by atomic mass is 9.93. The first-order valence-corrected chi connectivity index (χ1v) is 7.56. The second kappa shape index (κ2) is 5.94. The topological polar surface area (TPSA) is 42.4 Å². The van der Waals surface area contributed by atoms with Crippen LogP contribution in [0.1, 0.15) is 42.6 Å². The lowest BCUT2D eigenvalue weighted by Crippen LogP contribution is -2.11. The van der Waals surface area contributed by atoms with E-state index in [0.717, 1.165) is 27.6 Å². The van der Waals surface area contributed by atoms with Crippen molar-refractivity contribution >= 4 is 11.3 Å². The van der Waals surface area contributed by atoms with Crippen LogP contribution >= 0.6 is 11.3 Å². The molecule has 1 aromatic carbocycles. The standard InChI is InChI=1S/C16H21NO2S/c1-11-5-6-13(12(7-11)8-18)19-9-15-17-14(10-20-15)16(2,3)4/h5-7,10,18H,8-9H2,1-4H3. The first-order chi connectivity index (χ1) is 9.40. The largest absolute Gasteiger partial charge is 0.486 e. The number of benzene rings is 1. The van der Waals surface area contributed by atoms with Gasteiger partial charge in [-0.3, -0.25) is 0 Å². The number of aliphatic hydroxyl groups excluding tert-OH is 1. The lowest BCUT2D eigenvalue weighted by molar-refractivity contribution is 0.258. The van der Waals surface area contributed by atoms with Crippen LogP contribution in [0.4, 0.5) is 0 Å². The maximum Gasteiger partial charge on any atom is 0.140 e. The van der Waals surface area contributed by atoms with E-state index in [0.29, 0.717) is 6.61 Å². The Morgan fingerprint density at radius 3 is 2.65 bits per heavy atom. The number of aliphatic hydroxyl groups is 1. The summed E-state index contributed by atoms with van der Waals surface area (Å²) in [6.45, 7) is 8.88. The molecule has 0 fully saturated rings. The molecule has 4 heteroatoms. The van der Waals surface area contributed by atoms with Crippen LogP contribution in [0.2, 0.25) is 0 Å². The second-order valence-electron chi connectivity index (χ2n) is 5.93. The molecule has 1 N–H and O–H groups in total. The van der Waals surface area contributed by atoms with Gasteiger partial charge in [0.15, 0.2) is 0 Å². The number of nitrogens with zero attached hydrogens (tertiary/aromatic N) is 1. The average Bonchev–Trinajstić information content (AvgIpc) is 2.86. The maximum atomic E-state index is 9.36. The van der Waals surface area contributed by atoms with Gasteiger partial charge in [-0.05, 0) is 13.0 Å². The van der Waals surface area contributed by atoms with Crippen LogP contribution in [0, 0.1) is 6.92 Å². The van der Waals surface area contributed by atoms with Gasteiger partial charge in [0, 0.05) is 16.4 Å². The normalized spacial score (nSPS) is 11.7. The Hall–Kier alpha value is -1.39. The van der Waals surface area contributed by atoms with Gasteiger partial charge in [0.1, 0.15) is 17.4 Å². The van der Waals surface area contributed by atoms with Crippen LogP contribution in [-0.4, -0.2) is 10.1 Å². The van der Waals surface area contributed by atoms with E-state index in [4.69, 9.17) is 4.74 Å². The van der Waals surface area contributed by atoms with E-state index in [-0.39, 0.29) is 12.0 Å². The Balaban J connectivity index is 2.07. The van der Waals surface area contributed by atoms with Gasteiger partial charge in [-0.25, -0.2) is 4.98 Å². The quantitative estimate of drug-likeness (QED) is 0.931. The highest BCUT2D eigenvalue weighted by Crippen LogP contribution is 2.26. The number of aryl methyl sites for hydroxylation is 1. The molecule has 0 spiro atoms. The summed E-state index contributed by atoms with van der Waals surface area (Å²) in [5.41, 5.74) is 3.09. The number of rotatable bonds is 4. The first kappa shape index (κ1) is 15.0. The SMILES string of the molecule is Cc1ccc(OCc2nc(C(C)(C)C)cs2)c(CO)c1. The monoisotopic (exact) mass is 291 g/mol. The van der Waals surface area contributed by atoms with Crippen molar-refractivity contribution in [1.82, 2.24) is 4.98 Å². The van der Waals surface area contributed by atoms with Gasteiger partial charge in [-0.15, -0.1) is 11.3 Å². The van der Waals surface area contributed by atoms with Gasteiger partial charge in [0.2, 0.25) is 0 Å². The molecule has 0 bridgehead atoms. The molecular weight excluding hydrogens is 270 g/mol. The van der Waals surface area contributed by atoms with Crippen LogP contribution in [0.5, 0.6) is 5.75 Å². The van der Waals surface area contributed by atoms with Gasteiger partial charge in [0.25, 0.3) is 0 Å². The molecule has 1 heterocycles. The molecule has 0 saturated carbocycles. The van der Waals surface area contributed by atoms with Crippen LogP contribution in [0.25, 0.3) is 0 Å². The van der Waals surface area contributed by atoms with Crippen LogP contribution < -0.4 is 4.74 Å². The summed E-state index contributed by atoms with van der Waals surface area (Å²) in [5.74, 6) is 0.727. The smallest absolute Gasteiger partial charge is 0.140 e. The van der Waals surface area contributed by atoms with Gasteiger partial charge < -0.3 is 9.84 Å². The first-order valence-electron chi connectivity index (χ1n) is 6.68. The van der Waals surface area contributed by atoms with E-state index in [1.54, 1.807) is 11.3 Å². The minimum atomic E-state index is -0.0118.